The Morgan fingerprint density at radius 3 is 2.59 bits per heavy atom. The van der Waals surface area contributed by atoms with Gasteiger partial charge in [0.25, 0.3) is 0 Å². The van der Waals surface area contributed by atoms with Crippen LogP contribution < -0.4 is 0 Å². The van der Waals surface area contributed by atoms with Crippen molar-refractivity contribution in [3.8, 4) is 0 Å². The minimum atomic E-state index is 0.378. The lowest BCUT2D eigenvalue weighted by Crippen LogP contribution is -2.55. The maximum absolute atomic E-state index is 8.31. The quantitative estimate of drug-likeness (QED) is 0.827. The van der Waals surface area contributed by atoms with Crippen LogP contribution >= 0.6 is 0 Å². The van der Waals surface area contributed by atoms with Gasteiger partial charge < -0.3 is 5.41 Å². The molecule has 0 aliphatic carbocycles. The molecule has 0 radical (unpaired) electrons. The van der Waals surface area contributed by atoms with Crippen molar-refractivity contribution in [3.05, 3.63) is 35.4 Å². The Balaban J connectivity index is 1.81. The predicted molar refractivity (Wildman–Crippen MR) is 70.7 cm³/mol. The molecule has 3 aliphatic rings. The van der Waals surface area contributed by atoms with Crippen molar-refractivity contribution in [2.45, 2.75) is 32.2 Å². The van der Waals surface area contributed by atoms with Gasteiger partial charge in [-0.25, -0.2) is 0 Å². The van der Waals surface area contributed by atoms with E-state index in [2.05, 4.69) is 36.1 Å². The molecular formula is C15H20N2. The summed E-state index contributed by atoms with van der Waals surface area (Å²) >= 11 is 0. The van der Waals surface area contributed by atoms with Crippen molar-refractivity contribution < 1.29 is 0 Å². The van der Waals surface area contributed by atoms with Crippen molar-refractivity contribution >= 4 is 5.71 Å². The molecule has 0 spiro atoms. The third-order valence-electron chi connectivity index (χ3n) is 4.44. The van der Waals surface area contributed by atoms with Crippen molar-refractivity contribution in [2.75, 3.05) is 13.1 Å². The Morgan fingerprint density at radius 2 is 1.94 bits per heavy atom. The summed E-state index contributed by atoms with van der Waals surface area (Å²) in [6.45, 7) is 4.57. The van der Waals surface area contributed by atoms with Crippen LogP contribution in [0.15, 0.2) is 24.3 Å². The summed E-state index contributed by atoms with van der Waals surface area (Å²) < 4.78 is 0. The monoisotopic (exact) mass is 228 g/mol. The number of fused-ring (bicyclic) bond motifs is 3. The molecule has 1 aromatic rings. The second-order valence-corrected chi connectivity index (χ2v) is 5.41. The summed E-state index contributed by atoms with van der Waals surface area (Å²) in [4.78, 5) is 2.51. The van der Waals surface area contributed by atoms with E-state index in [1.54, 1.807) is 0 Å². The highest BCUT2D eigenvalue weighted by atomic mass is 15.2. The van der Waals surface area contributed by atoms with Crippen LogP contribution in [0.4, 0.5) is 0 Å². The van der Waals surface area contributed by atoms with E-state index in [9.17, 15) is 0 Å². The zero-order valence-corrected chi connectivity index (χ0v) is 10.4. The number of aryl methyl sites for hydroxylation is 1. The zero-order chi connectivity index (χ0) is 11.8. The Labute approximate surface area is 103 Å². The molecule has 1 N–H and O–H groups in total. The van der Waals surface area contributed by atoms with Gasteiger partial charge in [0.05, 0.1) is 6.04 Å². The van der Waals surface area contributed by atoms with Crippen LogP contribution in [-0.2, 0) is 6.42 Å². The fourth-order valence-corrected chi connectivity index (χ4v) is 3.28. The third kappa shape index (κ3) is 1.91. The molecule has 1 unspecified atom stereocenters. The van der Waals surface area contributed by atoms with Gasteiger partial charge in [-0.1, -0.05) is 24.3 Å². The average molecular weight is 228 g/mol. The first-order valence-electron chi connectivity index (χ1n) is 6.62. The van der Waals surface area contributed by atoms with Crippen molar-refractivity contribution in [1.82, 2.24) is 4.90 Å². The fourth-order valence-electron chi connectivity index (χ4n) is 3.28. The largest absolute Gasteiger partial charge is 0.308 e. The molecule has 17 heavy (non-hydrogen) atoms. The molecule has 0 aromatic heterocycles. The molecule has 1 atom stereocenters. The number of hydrogen-bond donors (Lipinski definition) is 1. The zero-order valence-electron chi connectivity index (χ0n) is 10.4. The molecule has 4 rings (SSSR count). The first kappa shape index (κ1) is 11.0. The Kier molecular flexibility index (Phi) is 2.75. The maximum Gasteiger partial charge on any atom is 0.0517 e. The second kappa shape index (κ2) is 4.26. The molecule has 2 heteroatoms. The third-order valence-corrected chi connectivity index (χ3v) is 4.44. The molecule has 3 saturated heterocycles. The first-order chi connectivity index (χ1) is 8.25. The Morgan fingerprint density at radius 1 is 1.24 bits per heavy atom. The molecule has 0 saturated carbocycles. The van der Waals surface area contributed by atoms with Gasteiger partial charge in [0.1, 0.15) is 0 Å². The summed E-state index contributed by atoms with van der Waals surface area (Å²) in [5.74, 6) is 0.578. The van der Waals surface area contributed by atoms with Gasteiger partial charge in [0.15, 0.2) is 0 Å². The first-order valence-corrected chi connectivity index (χ1v) is 6.62. The van der Waals surface area contributed by atoms with Crippen LogP contribution in [0, 0.1) is 18.3 Å². The highest BCUT2D eigenvalue weighted by molar-refractivity contribution is 5.90. The lowest BCUT2D eigenvalue weighted by atomic mass is 9.79. The molecule has 3 fully saturated rings. The number of rotatable bonds is 2. The number of piperidine rings is 3. The van der Waals surface area contributed by atoms with E-state index in [4.69, 9.17) is 5.41 Å². The Hall–Kier alpha value is -1.15. The van der Waals surface area contributed by atoms with Crippen molar-refractivity contribution in [2.24, 2.45) is 5.92 Å². The lowest BCUT2D eigenvalue weighted by molar-refractivity contribution is 0.144. The van der Waals surface area contributed by atoms with Gasteiger partial charge in [0, 0.05) is 11.6 Å². The molecule has 2 bridgehead atoms. The predicted octanol–water partition coefficient (Wildman–Crippen LogP) is 2.65. The normalized spacial score (nSPS) is 31.8. The smallest absolute Gasteiger partial charge is 0.0517 e. The van der Waals surface area contributed by atoms with Gasteiger partial charge >= 0.3 is 0 Å². The van der Waals surface area contributed by atoms with Gasteiger partial charge in [-0.3, -0.25) is 4.90 Å². The summed E-state index contributed by atoms with van der Waals surface area (Å²) in [5.41, 5.74) is 3.77. The summed E-state index contributed by atoms with van der Waals surface area (Å²) in [7, 11) is 0. The van der Waals surface area contributed by atoms with Crippen molar-refractivity contribution in [3.63, 3.8) is 0 Å². The summed E-state index contributed by atoms with van der Waals surface area (Å²) in [5, 5.41) is 8.31. The van der Waals surface area contributed by atoms with E-state index < -0.39 is 0 Å². The molecular weight excluding hydrogens is 208 g/mol. The minimum Gasteiger partial charge on any atom is -0.308 e. The maximum atomic E-state index is 8.31. The SMILES string of the molecule is Cc1ccccc1CC1C(=N)C2CCN1CC2. The van der Waals surface area contributed by atoms with Gasteiger partial charge in [-0.15, -0.1) is 0 Å². The van der Waals surface area contributed by atoms with Gasteiger partial charge in [-0.05, 0) is 50.4 Å². The van der Waals surface area contributed by atoms with E-state index in [1.807, 2.05) is 0 Å². The average Bonchev–Trinajstić information content (AvgIpc) is 2.36. The van der Waals surface area contributed by atoms with E-state index in [0.29, 0.717) is 12.0 Å². The number of nitrogens with zero attached hydrogens (tertiary/aromatic N) is 1. The molecule has 2 nitrogen and oxygen atoms in total. The van der Waals surface area contributed by atoms with Crippen molar-refractivity contribution in [1.29, 1.82) is 5.41 Å². The van der Waals surface area contributed by atoms with E-state index >= 15 is 0 Å². The van der Waals surface area contributed by atoms with E-state index in [0.717, 1.165) is 12.1 Å². The van der Waals surface area contributed by atoms with E-state index in [-0.39, 0.29) is 0 Å². The van der Waals surface area contributed by atoms with Crippen LogP contribution in [0.3, 0.4) is 0 Å². The number of nitrogens with one attached hydrogen (secondary N) is 1. The van der Waals surface area contributed by atoms with Crippen LogP contribution in [-0.4, -0.2) is 29.7 Å². The van der Waals surface area contributed by atoms with Crippen LogP contribution in [0.2, 0.25) is 0 Å². The summed E-state index contributed by atoms with van der Waals surface area (Å²) in [6, 6.07) is 8.98. The Bertz CT molecular complexity index is 430. The van der Waals surface area contributed by atoms with Gasteiger partial charge in [0.2, 0.25) is 0 Å². The molecule has 3 aliphatic heterocycles. The van der Waals surface area contributed by atoms with Crippen LogP contribution in [0.1, 0.15) is 24.0 Å². The topological polar surface area (TPSA) is 27.1 Å². The lowest BCUT2D eigenvalue weighted by Gasteiger charge is -2.46. The molecule has 1 aromatic carbocycles. The minimum absolute atomic E-state index is 0.378. The highest BCUT2D eigenvalue weighted by Crippen LogP contribution is 2.31. The number of hydrogen-bond acceptors (Lipinski definition) is 2. The van der Waals surface area contributed by atoms with E-state index in [1.165, 1.54) is 37.1 Å². The molecule has 3 heterocycles. The fraction of sp³-hybridized carbons (Fsp3) is 0.533. The molecule has 90 valence electrons. The second-order valence-electron chi connectivity index (χ2n) is 5.41. The summed E-state index contributed by atoms with van der Waals surface area (Å²) in [6.07, 6.45) is 3.45. The highest BCUT2D eigenvalue weighted by Gasteiger charge is 2.37. The molecule has 0 amide bonds. The number of benzene rings is 1. The standard InChI is InChI=1S/C15H20N2/c1-11-4-2-3-5-13(11)10-14-15(16)12-6-8-17(14)9-7-12/h2-5,12,14,16H,6-10H2,1H3. The van der Waals surface area contributed by atoms with Gasteiger partial charge in [-0.2, -0.15) is 0 Å². The van der Waals surface area contributed by atoms with Crippen LogP contribution in [0.5, 0.6) is 0 Å². The van der Waals surface area contributed by atoms with Crippen LogP contribution in [0.25, 0.3) is 0 Å².